The Bertz CT molecular complexity index is 1630. The van der Waals surface area contributed by atoms with Gasteiger partial charge in [0.05, 0.1) is 0 Å². The van der Waals surface area contributed by atoms with Crippen LogP contribution in [0, 0.1) is 6.92 Å². The molecule has 1 amide bonds. The van der Waals surface area contributed by atoms with E-state index in [4.69, 9.17) is 14.5 Å². The molecule has 6 rings (SSSR count). The van der Waals surface area contributed by atoms with Gasteiger partial charge in [-0.05, 0) is 42.7 Å². The van der Waals surface area contributed by atoms with Crippen molar-refractivity contribution in [1.29, 1.82) is 0 Å². The van der Waals surface area contributed by atoms with E-state index in [-0.39, 0.29) is 5.91 Å². The molecule has 0 unspecified atom stereocenters. The van der Waals surface area contributed by atoms with Gasteiger partial charge in [0.25, 0.3) is 5.71 Å². The Balaban J connectivity index is 1.31. The minimum atomic E-state index is 0.0135. The van der Waals surface area contributed by atoms with Crippen LogP contribution in [0.2, 0.25) is 0 Å². The molecule has 1 aliphatic rings. The highest BCUT2D eigenvalue weighted by molar-refractivity contribution is 5.98. The summed E-state index contributed by atoms with van der Waals surface area (Å²) in [5.74, 6) is 1.46. The summed E-state index contributed by atoms with van der Waals surface area (Å²) in [5.41, 5.74) is 5.30. The van der Waals surface area contributed by atoms with Crippen LogP contribution in [0.4, 0.5) is 5.82 Å². The number of pyridine rings is 1. The van der Waals surface area contributed by atoms with E-state index in [1.807, 2.05) is 53.4 Å². The molecule has 0 radical (unpaired) electrons. The Labute approximate surface area is 233 Å². The molecule has 0 spiro atoms. The molecule has 1 fully saturated rings. The molecule has 200 valence electrons. The molecule has 1 aliphatic heterocycles. The second-order valence-corrected chi connectivity index (χ2v) is 9.99. The zero-order valence-electron chi connectivity index (χ0n) is 22.4. The fraction of sp³-hybridized carbons (Fsp3) is 0.219. The SMILES string of the molecule is Cc1ccc(Cc2nc(N3CCCN(C(=O)/C=C/c4ccccc4)CC3)c3c(-c4cccnc4)noc3n2)cc1. The number of carbonyl (C=O) groups is 1. The second kappa shape index (κ2) is 11.5. The molecule has 0 N–H and O–H groups in total. The lowest BCUT2D eigenvalue weighted by Crippen LogP contribution is -2.34. The molecule has 8 heteroatoms. The van der Waals surface area contributed by atoms with E-state index in [1.54, 1.807) is 18.5 Å². The molecular weight excluding hydrogens is 500 g/mol. The lowest BCUT2D eigenvalue weighted by atomic mass is 10.1. The van der Waals surface area contributed by atoms with Crippen molar-refractivity contribution in [3.63, 3.8) is 0 Å². The molecule has 8 nitrogen and oxygen atoms in total. The van der Waals surface area contributed by atoms with Crippen LogP contribution >= 0.6 is 0 Å². The van der Waals surface area contributed by atoms with Crippen molar-refractivity contribution in [3.05, 3.63) is 108 Å². The van der Waals surface area contributed by atoms with Crippen LogP contribution in [0.5, 0.6) is 0 Å². The van der Waals surface area contributed by atoms with Crippen LogP contribution in [-0.2, 0) is 11.2 Å². The van der Waals surface area contributed by atoms with Gasteiger partial charge < -0.3 is 14.3 Å². The van der Waals surface area contributed by atoms with Crippen molar-refractivity contribution in [2.24, 2.45) is 0 Å². The Morgan fingerprint density at radius 1 is 0.950 bits per heavy atom. The van der Waals surface area contributed by atoms with Gasteiger partial charge in [-0.1, -0.05) is 65.3 Å². The molecule has 0 atom stereocenters. The van der Waals surface area contributed by atoms with Crippen LogP contribution in [-0.4, -0.2) is 57.1 Å². The number of amides is 1. The standard InChI is InChI=1S/C32H30N6O2/c1-23-10-12-25(13-11-23)21-27-34-31(29-30(36-40-32(29)35-27)26-9-5-16-33-22-26)38-18-6-17-37(19-20-38)28(39)15-14-24-7-3-2-4-8-24/h2-5,7-16,22H,6,17-21H2,1H3/b15-14+. The van der Waals surface area contributed by atoms with Crippen molar-refractivity contribution in [1.82, 2.24) is 25.0 Å². The third kappa shape index (κ3) is 5.61. The van der Waals surface area contributed by atoms with E-state index in [0.29, 0.717) is 43.3 Å². The first-order valence-electron chi connectivity index (χ1n) is 13.5. The number of aryl methyl sites for hydroxylation is 1. The summed E-state index contributed by atoms with van der Waals surface area (Å²) in [6.07, 6.45) is 8.42. The monoisotopic (exact) mass is 530 g/mol. The first-order chi connectivity index (χ1) is 19.6. The van der Waals surface area contributed by atoms with E-state index in [9.17, 15) is 4.79 Å². The highest BCUT2D eigenvalue weighted by atomic mass is 16.5. The van der Waals surface area contributed by atoms with E-state index in [2.05, 4.69) is 46.2 Å². The molecule has 5 aromatic rings. The maximum absolute atomic E-state index is 13.0. The lowest BCUT2D eigenvalue weighted by Gasteiger charge is -2.23. The molecule has 0 bridgehead atoms. The third-order valence-corrected chi connectivity index (χ3v) is 7.11. The number of nitrogens with zero attached hydrogens (tertiary/aromatic N) is 6. The molecule has 1 saturated heterocycles. The van der Waals surface area contributed by atoms with Gasteiger partial charge in [0, 0.05) is 56.6 Å². The van der Waals surface area contributed by atoms with Gasteiger partial charge in [0.15, 0.2) is 0 Å². The minimum Gasteiger partial charge on any atom is -0.354 e. The molecule has 2 aromatic carbocycles. The average Bonchev–Trinajstić information content (AvgIpc) is 3.26. The van der Waals surface area contributed by atoms with Crippen LogP contribution in [0.3, 0.4) is 0 Å². The topological polar surface area (TPSA) is 88.3 Å². The summed E-state index contributed by atoms with van der Waals surface area (Å²) in [5, 5.41) is 5.15. The number of hydrogen-bond donors (Lipinski definition) is 0. The first kappa shape index (κ1) is 25.4. The molecule has 3 aromatic heterocycles. The fourth-order valence-electron chi connectivity index (χ4n) is 4.96. The van der Waals surface area contributed by atoms with Crippen molar-refractivity contribution in [2.45, 2.75) is 19.8 Å². The summed E-state index contributed by atoms with van der Waals surface area (Å²) in [7, 11) is 0. The van der Waals surface area contributed by atoms with Gasteiger partial charge in [0.2, 0.25) is 5.91 Å². The maximum Gasteiger partial charge on any atom is 0.263 e. The average molecular weight is 531 g/mol. The molecule has 4 heterocycles. The second-order valence-electron chi connectivity index (χ2n) is 9.99. The first-order valence-corrected chi connectivity index (χ1v) is 13.5. The largest absolute Gasteiger partial charge is 0.354 e. The van der Waals surface area contributed by atoms with Crippen molar-refractivity contribution in [2.75, 3.05) is 31.1 Å². The molecule has 0 aliphatic carbocycles. The molecule has 40 heavy (non-hydrogen) atoms. The minimum absolute atomic E-state index is 0.0135. The van der Waals surface area contributed by atoms with E-state index in [1.165, 1.54) is 5.56 Å². The number of rotatable bonds is 6. The van der Waals surface area contributed by atoms with Crippen molar-refractivity contribution < 1.29 is 9.32 Å². The number of fused-ring (bicyclic) bond motifs is 1. The van der Waals surface area contributed by atoms with Gasteiger partial charge in [0.1, 0.15) is 22.7 Å². The van der Waals surface area contributed by atoms with Crippen LogP contribution in [0.15, 0.2) is 89.7 Å². The normalized spacial score (nSPS) is 14.1. The number of anilines is 1. The highest BCUT2D eigenvalue weighted by Crippen LogP contribution is 2.34. The van der Waals surface area contributed by atoms with E-state index in [0.717, 1.165) is 40.9 Å². The van der Waals surface area contributed by atoms with Gasteiger partial charge in [-0.25, -0.2) is 4.98 Å². The summed E-state index contributed by atoms with van der Waals surface area (Å²) in [6, 6.07) is 22.1. The van der Waals surface area contributed by atoms with Crippen molar-refractivity contribution >= 4 is 28.9 Å². The summed E-state index contributed by atoms with van der Waals surface area (Å²) >= 11 is 0. The lowest BCUT2D eigenvalue weighted by molar-refractivity contribution is -0.125. The van der Waals surface area contributed by atoms with Gasteiger partial charge in [-0.2, -0.15) is 4.98 Å². The van der Waals surface area contributed by atoms with Gasteiger partial charge in [-0.15, -0.1) is 0 Å². The van der Waals surface area contributed by atoms with Crippen molar-refractivity contribution in [3.8, 4) is 11.3 Å². The van der Waals surface area contributed by atoms with Gasteiger partial charge in [-0.3, -0.25) is 9.78 Å². The zero-order valence-corrected chi connectivity index (χ0v) is 22.4. The number of aromatic nitrogens is 4. The summed E-state index contributed by atoms with van der Waals surface area (Å²) in [4.78, 5) is 31.2. The predicted molar refractivity (Wildman–Crippen MR) is 156 cm³/mol. The van der Waals surface area contributed by atoms with Crippen LogP contribution in [0.1, 0.15) is 28.9 Å². The van der Waals surface area contributed by atoms with E-state index >= 15 is 0 Å². The highest BCUT2D eigenvalue weighted by Gasteiger charge is 2.25. The smallest absolute Gasteiger partial charge is 0.263 e. The fourth-order valence-corrected chi connectivity index (χ4v) is 4.96. The quantitative estimate of drug-likeness (QED) is 0.274. The summed E-state index contributed by atoms with van der Waals surface area (Å²) < 4.78 is 5.77. The molecular formula is C32H30N6O2. The number of hydrogen-bond acceptors (Lipinski definition) is 7. The Kier molecular flexibility index (Phi) is 7.30. The zero-order chi connectivity index (χ0) is 27.3. The summed E-state index contributed by atoms with van der Waals surface area (Å²) in [6.45, 7) is 4.73. The third-order valence-electron chi connectivity index (χ3n) is 7.11. The predicted octanol–water partition coefficient (Wildman–Crippen LogP) is 5.33. The van der Waals surface area contributed by atoms with Gasteiger partial charge >= 0.3 is 0 Å². The Morgan fingerprint density at radius 3 is 2.60 bits per heavy atom. The molecule has 0 saturated carbocycles. The Hall–Kier alpha value is -4.85. The Morgan fingerprint density at radius 2 is 1.80 bits per heavy atom. The van der Waals surface area contributed by atoms with Crippen LogP contribution < -0.4 is 4.90 Å². The van der Waals surface area contributed by atoms with Crippen LogP contribution in [0.25, 0.3) is 28.4 Å². The maximum atomic E-state index is 13.0. The van der Waals surface area contributed by atoms with E-state index < -0.39 is 0 Å². The number of carbonyl (C=O) groups excluding carboxylic acids is 1. The number of benzene rings is 2.